The van der Waals surface area contributed by atoms with E-state index in [2.05, 4.69) is 15.4 Å². The fourth-order valence-corrected chi connectivity index (χ4v) is 3.68. The molecule has 2 heterocycles. The molecule has 130 valence electrons. The molecule has 1 unspecified atom stereocenters. The average molecular weight is 348 g/mol. The molecule has 6 nitrogen and oxygen atoms in total. The lowest BCUT2D eigenvalue weighted by atomic mass is 10.1. The van der Waals surface area contributed by atoms with Crippen LogP contribution in [0.15, 0.2) is 17.8 Å². The molecule has 1 aliphatic rings. The van der Waals surface area contributed by atoms with Crippen molar-refractivity contribution in [1.29, 1.82) is 0 Å². The van der Waals surface area contributed by atoms with Gasteiger partial charge >= 0.3 is 0 Å². The average Bonchev–Trinajstić information content (AvgIpc) is 3.11. The number of aromatic nitrogens is 3. The van der Waals surface area contributed by atoms with E-state index in [0.717, 1.165) is 24.1 Å². The zero-order valence-electron chi connectivity index (χ0n) is 14.2. The van der Waals surface area contributed by atoms with Gasteiger partial charge in [-0.1, -0.05) is 25.7 Å². The van der Waals surface area contributed by atoms with Crippen LogP contribution in [0.1, 0.15) is 45.4 Å². The summed E-state index contributed by atoms with van der Waals surface area (Å²) < 4.78 is 7.68. The molecule has 24 heavy (non-hydrogen) atoms. The molecule has 0 aromatic carbocycles. The predicted molar refractivity (Wildman–Crippen MR) is 95.0 cm³/mol. The molecule has 1 N–H and O–H groups in total. The van der Waals surface area contributed by atoms with Gasteiger partial charge in [0.1, 0.15) is 6.10 Å². The number of hydrogen-bond acceptors (Lipinski definition) is 5. The number of carbonyl (C=O) groups excluding carboxylic acids is 1. The number of nitrogens with one attached hydrogen (secondary N) is 1. The first-order chi connectivity index (χ1) is 11.6. The van der Waals surface area contributed by atoms with Crippen molar-refractivity contribution in [3.8, 4) is 11.3 Å². The topological polar surface area (TPSA) is 69.0 Å². The van der Waals surface area contributed by atoms with E-state index >= 15 is 0 Å². The molecule has 1 amide bonds. The second kappa shape index (κ2) is 7.90. The Kier molecular flexibility index (Phi) is 5.63. The lowest BCUT2D eigenvalue weighted by Crippen LogP contribution is -2.31. The van der Waals surface area contributed by atoms with E-state index in [-0.39, 0.29) is 12.0 Å². The van der Waals surface area contributed by atoms with E-state index in [9.17, 15) is 4.79 Å². The van der Waals surface area contributed by atoms with Gasteiger partial charge in [-0.25, -0.2) is 4.98 Å². The van der Waals surface area contributed by atoms with Crippen LogP contribution in [-0.4, -0.2) is 32.9 Å². The quantitative estimate of drug-likeness (QED) is 0.838. The lowest BCUT2D eigenvalue weighted by Gasteiger charge is -2.20. The van der Waals surface area contributed by atoms with Gasteiger partial charge in [0.15, 0.2) is 5.13 Å². The molecule has 0 aliphatic heterocycles. The number of hydrogen-bond donors (Lipinski definition) is 1. The highest BCUT2D eigenvalue weighted by atomic mass is 32.1. The molecule has 0 spiro atoms. The highest BCUT2D eigenvalue weighted by Gasteiger charge is 2.21. The molecule has 0 radical (unpaired) electrons. The molecule has 0 bridgehead atoms. The Balaban J connectivity index is 1.55. The normalized spacial score (nSPS) is 17.4. The Morgan fingerprint density at radius 3 is 2.79 bits per heavy atom. The minimum Gasteiger partial charge on any atom is -0.365 e. The zero-order chi connectivity index (χ0) is 16.9. The first kappa shape index (κ1) is 17.1. The number of ether oxygens (including phenoxy) is 1. The third-order valence-corrected chi connectivity index (χ3v) is 5.06. The van der Waals surface area contributed by atoms with Crippen LogP contribution in [0, 0.1) is 0 Å². The summed E-state index contributed by atoms with van der Waals surface area (Å²) in [4.78, 5) is 16.8. The Bertz CT molecular complexity index is 674. The van der Waals surface area contributed by atoms with E-state index < -0.39 is 6.10 Å². The maximum Gasteiger partial charge on any atom is 0.255 e. The van der Waals surface area contributed by atoms with Gasteiger partial charge in [0.05, 0.1) is 18.0 Å². The van der Waals surface area contributed by atoms with Crippen LogP contribution in [0.4, 0.5) is 5.13 Å². The van der Waals surface area contributed by atoms with Gasteiger partial charge in [0.2, 0.25) is 0 Å². The molecule has 7 heteroatoms. The molecular formula is C17H24N4O2S. The van der Waals surface area contributed by atoms with Crippen molar-refractivity contribution in [2.24, 2.45) is 7.05 Å². The van der Waals surface area contributed by atoms with Gasteiger partial charge in [0, 0.05) is 24.2 Å². The maximum atomic E-state index is 12.3. The SMILES string of the molecule is CC(OC1CCCCCC1)C(=O)Nc1nc(-c2cnn(C)c2)cs1. The van der Waals surface area contributed by atoms with Crippen LogP contribution in [0.25, 0.3) is 11.3 Å². The molecule has 1 aliphatic carbocycles. The number of carbonyl (C=O) groups is 1. The van der Waals surface area contributed by atoms with Crippen LogP contribution in [0.3, 0.4) is 0 Å². The lowest BCUT2D eigenvalue weighted by molar-refractivity contribution is -0.130. The second-order valence-electron chi connectivity index (χ2n) is 6.32. The van der Waals surface area contributed by atoms with E-state index in [1.54, 1.807) is 10.9 Å². The molecule has 2 aromatic heterocycles. The largest absolute Gasteiger partial charge is 0.365 e. The highest BCUT2D eigenvalue weighted by molar-refractivity contribution is 7.14. The number of thiazole rings is 1. The summed E-state index contributed by atoms with van der Waals surface area (Å²) in [5, 5.41) is 9.51. The molecule has 1 fully saturated rings. The predicted octanol–water partition coefficient (Wildman–Crippen LogP) is 3.61. The van der Waals surface area contributed by atoms with E-state index in [1.165, 1.54) is 37.0 Å². The van der Waals surface area contributed by atoms with E-state index in [0.29, 0.717) is 5.13 Å². The van der Waals surface area contributed by atoms with Gasteiger partial charge in [-0.2, -0.15) is 5.10 Å². The minimum atomic E-state index is -0.459. The summed E-state index contributed by atoms with van der Waals surface area (Å²) in [6.07, 6.45) is 10.5. The summed E-state index contributed by atoms with van der Waals surface area (Å²) in [5.74, 6) is -0.133. The Morgan fingerprint density at radius 1 is 1.38 bits per heavy atom. The zero-order valence-corrected chi connectivity index (χ0v) is 15.0. The summed E-state index contributed by atoms with van der Waals surface area (Å²) in [5.41, 5.74) is 1.76. The molecule has 0 saturated heterocycles. The Labute approximate surface area is 146 Å². The van der Waals surface area contributed by atoms with E-state index in [4.69, 9.17) is 4.74 Å². The Hall–Kier alpha value is -1.73. The number of nitrogens with zero attached hydrogens (tertiary/aromatic N) is 3. The van der Waals surface area contributed by atoms with E-state index in [1.807, 2.05) is 25.5 Å². The number of aryl methyl sites for hydroxylation is 1. The van der Waals surface area contributed by atoms with Gasteiger partial charge in [-0.05, 0) is 19.8 Å². The molecule has 3 rings (SSSR count). The molecular weight excluding hydrogens is 324 g/mol. The van der Waals surface area contributed by atoms with Gasteiger partial charge in [-0.3, -0.25) is 14.8 Å². The summed E-state index contributed by atoms with van der Waals surface area (Å²) in [6.45, 7) is 1.82. The van der Waals surface area contributed by atoms with Crippen molar-refractivity contribution in [3.63, 3.8) is 0 Å². The van der Waals surface area contributed by atoms with Crippen LogP contribution in [0.2, 0.25) is 0 Å². The smallest absolute Gasteiger partial charge is 0.255 e. The molecule has 2 aromatic rings. The first-order valence-electron chi connectivity index (χ1n) is 8.52. The Morgan fingerprint density at radius 2 is 2.12 bits per heavy atom. The van der Waals surface area contributed by atoms with Crippen molar-refractivity contribution in [3.05, 3.63) is 17.8 Å². The molecule has 1 atom stereocenters. The van der Waals surface area contributed by atoms with Crippen LogP contribution >= 0.6 is 11.3 Å². The standard InChI is InChI=1S/C17H24N4O2S/c1-12(23-14-7-5-3-4-6-8-14)16(22)20-17-19-15(11-24-17)13-9-18-21(2)10-13/h9-12,14H,3-8H2,1-2H3,(H,19,20,22). The minimum absolute atomic E-state index is 0.133. The van der Waals surface area contributed by atoms with Crippen molar-refractivity contribution in [2.75, 3.05) is 5.32 Å². The first-order valence-corrected chi connectivity index (χ1v) is 9.40. The van der Waals surface area contributed by atoms with Gasteiger partial charge in [0.25, 0.3) is 5.91 Å². The highest BCUT2D eigenvalue weighted by Crippen LogP contribution is 2.25. The van der Waals surface area contributed by atoms with Gasteiger partial charge < -0.3 is 4.74 Å². The third kappa shape index (κ3) is 4.42. The summed E-state index contributed by atoms with van der Waals surface area (Å²) >= 11 is 1.41. The molecule has 1 saturated carbocycles. The fourth-order valence-electron chi connectivity index (χ4n) is 2.95. The van der Waals surface area contributed by atoms with Crippen LogP contribution < -0.4 is 5.32 Å². The van der Waals surface area contributed by atoms with Crippen molar-refractivity contribution < 1.29 is 9.53 Å². The summed E-state index contributed by atoms with van der Waals surface area (Å²) in [6, 6.07) is 0. The van der Waals surface area contributed by atoms with Crippen molar-refractivity contribution >= 4 is 22.4 Å². The third-order valence-electron chi connectivity index (χ3n) is 4.30. The number of amides is 1. The summed E-state index contributed by atoms with van der Waals surface area (Å²) in [7, 11) is 1.87. The van der Waals surface area contributed by atoms with Crippen LogP contribution in [-0.2, 0) is 16.6 Å². The second-order valence-corrected chi connectivity index (χ2v) is 7.18. The van der Waals surface area contributed by atoms with Crippen molar-refractivity contribution in [2.45, 2.75) is 57.7 Å². The monoisotopic (exact) mass is 348 g/mol. The maximum absolute atomic E-state index is 12.3. The van der Waals surface area contributed by atoms with Gasteiger partial charge in [-0.15, -0.1) is 11.3 Å². The number of rotatable bonds is 5. The number of anilines is 1. The van der Waals surface area contributed by atoms with Crippen molar-refractivity contribution in [1.82, 2.24) is 14.8 Å². The van der Waals surface area contributed by atoms with Crippen LogP contribution in [0.5, 0.6) is 0 Å². The fraction of sp³-hybridized carbons (Fsp3) is 0.588.